The molecule has 0 atom stereocenters. The van der Waals surface area contributed by atoms with Crippen LogP contribution in [0.3, 0.4) is 0 Å². The van der Waals surface area contributed by atoms with E-state index in [1.54, 1.807) is 31.3 Å². The number of aryl methyl sites for hydroxylation is 1. The van der Waals surface area contributed by atoms with Crippen LogP contribution in [0.1, 0.15) is 5.56 Å². The summed E-state index contributed by atoms with van der Waals surface area (Å²) in [6.07, 6.45) is 0.569. The number of para-hydroxylation sites is 1. The topological polar surface area (TPSA) is 73.5 Å². The molecule has 0 saturated carbocycles. The average molecular weight is 344 g/mol. The van der Waals surface area contributed by atoms with Gasteiger partial charge in [-0.15, -0.1) is 0 Å². The number of hydrogen-bond donors (Lipinski definition) is 1. The van der Waals surface area contributed by atoms with Gasteiger partial charge in [-0.2, -0.15) is 0 Å². The van der Waals surface area contributed by atoms with Crippen molar-refractivity contribution in [2.24, 2.45) is 7.05 Å². The molecule has 0 radical (unpaired) electrons. The van der Waals surface area contributed by atoms with E-state index in [1.807, 2.05) is 6.07 Å². The molecule has 130 valence electrons. The predicted octanol–water partition coefficient (Wildman–Crippen LogP) is 2.01. The fraction of sp³-hybridized carbons (Fsp3) is 0.222. The van der Waals surface area contributed by atoms with Gasteiger partial charge in [-0.25, -0.2) is 9.18 Å². The first-order valence-electron chi connectivity index (χ1n) is 7.77. The Morgan fingerprint density at radius 3 is 2.88 bits per heavy atom. The molecule has 0 aliphatic heterocycles. The first-order valence-corrected chi connectivity index (χ1v) is 7.77. The molecule has 1 N–H and O–H groups in total. The minimum Gasteiger partial charge on any atom is -0.481 e. The minimum absolute atomic E-state index is 0.0437. The molecule has 1 amide bonds. The van der Waals surface area contributed by atoms with Crippen molar-refractivity contribution in [3.05, 3.63) is 64.4 Å². The maximum atomic E-state index is 13.4. The zero-order valence-electron chi connectivity index (χ0n) is 13.6. The fourth-order valence-electron chi connectivity index (χ4n) is 2.44. The van der Waals surface area contributed by atoms with Crippen LogP contribution >= 0.6 is 0 Å². The van der Waals surface area contributed by atoms with Gasteiger partial charge in [0.25, 0.3) is 5.91 Å². The molecule has 7 heteroatoms. The van der Waals surface area contributed by atoms with Gasteiger partial charge in [-0.1, -0.05) is 18.2 Å². The van der Waals surface area contributed by atoms with Gasteiger partial charge in [0.15, 0.2) is 23.8 Å². The average Bonchev–Trinajstić information content (AvgIpc) is 2.88. The van der Waals surface area contributed by atoms with E-state index in [2.05, 4.69) is 5.32 Å². The number of halogens is 1. The van der Waals surface area contributed by atoms with E-state index in [1.165, 1.54) is 16.7 Å². The molecule has 2 aromatic carbocycles. The van der Waals surface area contributed by atoms with Gasteiger partial charge in [-0.05, 0) is 36.2 Å². The summed E-state index contributed by atoms with van der Waals surface area (Å²) in [4.78, 5) is 23.2. The van der Waals surface area contributed by atoms with Crippen molar-refractivity contribution in [2.75, 3.05) is 13.2 Å². The summed E-state index contributed by atoms with van der Waals surface area (Å²) in [7, 11) is 1.64. The van der Waals surface area contributed by atoms with Crippen LogP contribution in [0.15, 0.2) is 51.7 Å². The second-order valence-corrected chi connectivity index (χ2v) is 5.55. The third-order valence-corrected chi connectivity index (χ3v) is 3.79. The number of nitrogens with zero attached hydrogens (tertiary/aromatic N) is 1. The summed E-state index contributed by atoms with van der Waals surface area (Å²) in [6.45, 7) is 0.134. The van der Waals surface area contributed by atoms with E-state index < -0.39 is 11.6 Å². The predicted molar refractivity (Wildman–Crippen MR) is 90.1 cm³/mol. The fourth-order valence-corrected chi connectivity index (χ4v) is 2.44. The molecule has 0 aliphatic carbocycles. The van der Waals surface area contributed by atoms with E-state index in [4.69, 9.17) is 9.15 Å². The molecule has 3 rings (SSSR count). The lowest BCUT2D eigenvalue weighted by atomic mass is 10.1. The Labute approximate surface area is 142 Å². The smallest absolute Gasteiger partial charge is 0.419 e. The summed E-state index contributed by atoms with van der Waals surface area (Å²) in [5.41, 5.74) is 2.16. The second kappa shape index (κ2) is 7.21. The number of amides is 1. The maximum Gasteiger partial charge on any atom is 0.419 e. The van der Waals surface area contributed by atoms with Crippen molar-refractivity contribution in [3.8, 4) is 5.75 Å². The number of benzene rings is 2. The summed E-state index contributed by atoms with van der Waals surface area (Å²) in [5.74, 6) is -1.21. The van der Waals surface area contributed by atoms with Crippen molar-refractivity contribution >= 4 is 17.0 Å². The molecular weight excluding hydrogens is 327 g/mol. The highest BCUT2D eigenvalue weighted by molar-refractivity contribution is 5.77. The van der Waals surface area contributed by atoms with Gasteiger partial charge in [0, 0.05) is 13.6 Å². The molecular formula is C18H17FN2O4. The number of rotatable bonds is 6. The Balaban J connectivity index is 1.50. The molecule has 0 spiro atoms. The Bertz CT molecular complexity index is 961. The highest BCUT2D eigenvalue weighted by Gasteiger charge is 2.08. The van der Waals surface area contributed by atoms with Crippen molar-refractivity contribution in [1.82, 2.24) is 9.88 Å². The number of oxazole rings is 1. The molecule has 3 aromatic rings. The molecule has 0 saturated heterocycles. The minimum atomic E-state index is -0.507. The van der Waals surface area contributed by atoms with Crippen LogP contribution in [-0.2, 0) is 18.3 Å². The van der Waals surface area contributed by atoms with Crippen molar-refractivity contribution < 1.29 is 18.3 Å². The van der Waals surface area contributed by atoms with E-state index in [0.717, 1.165) is 11.1 Å². The van der Waals surface area contributed by atoms with Crippen LogP contribution in [-0.4, -0.2) is 23.6 Å². The Morgan fingerprint density at radius 2 is 2.08 bits per heavy atom. The molecule has 0 unspecified atom stereocenters. The van der Waals surface area contributed by atoms with Crippen LogP contribution in [0.5, 0.6) is 5.75 Å². The Morgan fingerprint density at radius 1 is 1.28 bits per heavy atom. The number of carbonyl (C=O) groups excluding carboxylic acids is 1. The van der Waals surface area contributed by atoms with Gasteiger partial charge in [-0.3, -0.25) is 9.36 Å². The van der Waals surface area contributed by atoms with E-state index >= 15 is 0 Å². The van der Waals surface area contributed by atoms with Gasteiger partial charge in [0.05, 0.1) is 5.52 Å². The van der Waals surface area contributed by atoms with Crippen LogP contribution in [0.25, 0.3) is 11.1 Å². The van der Waals surface area contributed by atoms with E-state index in [9.17, 15) is 14.0 Å². The maximum absolute atomic E-state index is 13.4. The lowest BCUT2D eigenvalue weighted by molar-refractivity contribution is -0.123. The highest BCUT2D eigenvalue weighted by Crippen LogP contribution is 2.15. The third kappa shape index (κ3) is 3.88. The van der Waals surface area contributed by atoms with Crippen LogP contribution in [0.2, 0.25) is 0 Å². The van der Waals surface area contributed by atoms with Crippen LogP contribution < -0.4 is 15.8 Å². The molecule has 0 fully saturated rings. The SMILES string of the molecule is Cn1c(=O)oc2cc(CCNC(=O)COc3ccccc3F)ccc21. The lowest BCUT2D eigenvalue weighted by Crippen LogP contribution is -2.30. The molecule has 1 heterocycles. The monoisotopic (exact) mass is 344 g/mol. The van der Waals surface area contributed by atoms with E-state index in [0.29, 0.717) is 18.5 Å². The van der Waals surface area contributed by atoms with Gasteiger partial charge in [0.1, 0.15) is 0 Å². The third-order valence-electron chi connectivity index (χ3n) is 3.79. The molecule has 6 nitrogen and oxygen atoms in total. The summed E-state index contributed by atoms with van der Waals surface area (Å²) >= 11 is 0. The van der Waals surface area contributed by atoms with E-state index in [-0.39, 0.29) is 18.3 Å². The zero-order valence-corrected chi connectivity index (χ0v) is 13.6. The number of hydrogen-bond acceptors (Lipinski definition) is 4. The molecule has 0 bridgehead atoms. The quantitative estimate of drug-likeness (QED) is 0.742. The first kappa shape index (κ1) is 16.8. The normalized spacial score (nSPS) is 10.8. The van der Waals surface area contributed by atoms with Crippen molar-refractivity contribution in [1.29, 1.82) is 0 Å². The summed E-state index contributed by atoms with van der Waals surface area (Å²) in [6, 6.07) is 11.4. The largest absolute Gasteiger partial charge is 0.481 e. The Kier molecular flexibility index (Phi) is 4.83. The lowest BCUT2D eigenvalue weighted by Gasteiger charge is -2.08. The van der Waals surface area contributed by atoms with Crippen molar-refractivity contribution in [3.63, 3.8) is 0 Å². The first-order chi connectivity index (χ1) is 12.0. The summed E-state index contributed by atoms with van der Waals surface area (Å²) < 4.78 is 25.1. The van der Waals surface area contributed by atoms with Crippen LogP contribution in [0, 0.1) is 5.82 Å². The van der Waals surface area contributed by atoms with Gasteiger partial charge < -0.3 is 14.5 Å². The number of fused-ring (bicyclic) bond motifs is 1. The second-order valence-electron chi connectivity index (χ2n) is 5.55. The zero-order chi connectivity index (χ0) is 17.8. The molecule has 0 aliphatic rings. The highest BCUT2D eigenvalue weighted by atomic mass is 19.1. The molecule has 1 aromatic heterocycles. The number of carbonyl (C=O) groups is 1. The van der Waals surface area contributed by atoms with Crippen LogP contribution in [0.4, 0.5) is 4.39 Å². The number of ether oxygens (including phenoxy) is 1. The van der Waals surface area contributed by atoms with Gasteiger partial charge in [0.2, 0.25) is 0 Å². The van der Waals surface area contributed by atoms with Gasteiger partial charge >= 0.3 is 5.76 Å². The van der Waals surface area contributed by atoms with Crippen molar-refractivity contribution in [2.45, 2.75) is 6.42 Å². The Hall–Kier alpha value is -3.09. The summed E-state index contributed by atoms with van der Waals surface area (Å²) in [5, 5.41) is 2.70. The number of nitrogens with one attached hydrogen (secondary N) is 1. The molecule has 25 heavy (non-hydrogen) atoms. The standard InChI is InChI=1S/C18H17FN2O4/c1-21-14-7-6-12(10-16(14)25-18(21)23)8-9-20-17(22)11-24-15-5-3-2-4-13(15)19/h2-7,10H,8-9,11H2,1H3,(H,20,22). The number of aromatic nitrogens is 1.